The Morgan fingerprint density at radius 1 is 1.67 bits per heavy atom. The van der Waals surface area contributed by atoms with Crippen LogP contribution in [0.3, 0.4) is 0 Å². The first-order valence-corrected chi connectivity index (χ1v) is 3.32. The van der Waals surface area contributed by atoms with Crippen LogP contribution in [-0.4, -0.2) is 16.1 Å². The smallest absolute Gasteiger partial charge is 0.307 e. The van der Waals surface area contributed by atoms with Gasteiger partial charge in [-0.3, -0.25) is 9.78 Å². The summed E-state index contributed by atoms with van der Waals surface area (Å²) in [5.74, 6) is -0.818. The van der Waals surface area contributed by atoms with Gasteiger partial charge in [0.1, 0.15) is 0 Å². The van der Waals surface area contributed by atoms with Crippen LogP contribution in [0.25, 0.3) is 0 Å². The van der Waals surface area contributed by atoms with E-state index in [0.717, 1.165) is 11.3 Å². The number of pyridine rings is 1. The molecule has 0 aromatic carbocycles. The van der Waals surface area contributed by atoms with Crippen LogP contribution in [0.2, 0.25) is 0 Å². The molecule has 0 saturated heterocycles. The number of nitrogens with zero attached hydrogens (tertiary/aromatic N) is 1. The van der Waals surface area contributed by atoms with E-state index >= 15 is 0 Å². The van der Waals surface area contributed by atoms with Gasteiger partial charge in [0, 0.05) is 11.9 Å². The molecular formula is C8H10ClNO2. The summed E-state index contributed by atoms with van der Waals surface area (Å²) < 4.78 is 0. The molecule has 0 spiro atoms. The molecule has 0 fully saturated rings. The Morgan fingerprint density at radius 2 is 2.33 bits per heavy atom. The Balaban J connectivity index is 0.00000121. The number of carboxylic acid groups (broad SMARTS) is 1. The van der Waals surface area contributed by atoms with Gasteiger partial charge in [0.15, 0.2) is 0 Å². The quantitative estimate of drug-likeness (QED) is 0.762. The zero-order valence-electron chi connectivity index (χ0n) is 6.65. The maximum atomic E-state index is 10.3. The number of aromatic nitrogens is 1. The normalized spacial score (nSPS) is 8.75. The highest BCUT2D eigenvalue weighted by Crippen LogP contribution is 2.03. The van der Waals surface area contributed by atoms with Crippen molar-refractivity contribution in [2.24, 2.45) is 0 Å². The molecule has 0 aliphatic rings. The molecule has 0 aliphatic heterocycles. The van der Waals surface area contributed by atoms with E-state index in [0.29, 0.717) is 0 Å². The number of aryl methyl sites for hydroxylation is 1. The van der Waals surface area contributed by atoms with Gasteiger partial charge in [0.05, 0.1) is 6.42 Å². The van der Waals surface area contributed by atoms with Gasteiger partial charge < -0.3 is 5.11 Å². The van der Waals surface area contributed by atoms with Gasteiger partial charge in [-0.15, -0.1) is 12.4 Å². The lowest BCUT2D eigenvalue weighted by Gasteiger charge is -1.98. The van der Waals surface area contributed by atoms with Crippen molar-refractivity contribution in [2.45, 2.75) is 13.3 Å². The number of aliphatic carboxylic acids is 1. The van der Waals surface area contributed by atoms with Gasteiger partial charge in [-0.1, -0.05) is 6.07 Å². The lowest BCUT2D eigenvalue weighted by atomic mass is 10.1. The van der Waals surface area contributed by atoms with Gasteiger partial charge in [-0.2, -0.15) is 0 Å². The van der Waals surface area contributed by atoms with E-state index in [1.54, 1.807) is 25.3 Å². The van der Waals surface area contributed by atoms with Crippen LogP contribution in [0.1, 0.15) is 11.3 Å². The number of rotatable bonds is 2. The molecule has 1 aromatic rings. The first-order valence-electron chi connectivity index (χ1n) is 3.32. The summed E-state index contributed by atoms with van der Waals surface area (Å²) in [6.07, 6.45) is 1.71. The minimum atomic E-state index is -0.818. The number of hydrogen-bond acceptors (Lipinski definition) is 2. The van der Waals surface area contributed by atoms with E-state index in [2.05, 4.69) is 4.98 Å². The van der Waals surface area contributed by atoms with E-state index in [9.17, 15) is 4.79 Å². The molecule has 0 amide bonds. The van der Waals surface area contributed by atoms with E-state index in [4.69, 9.17) is 5.11 Å². The van der Waals surface area contributed by atoms with Crippen molar-refractivity contribution in [1.82, 2.24) is 4.98 Å². The van der Waals surface area contributed by atoms with Crippen LogP contribution in [0.15, 0.2) is 18.3 Å². The second kappa shape index (κ2) is 4.72. The average molecular weight is 188 g/mol. The Bertz CT molecular complexity index is 276. The number of carbonyl (C=O) groups is 1. The number of hydrogen-bond donors (Lipinski definition) is 1. The Kier molecular flexibility index (Phi) is 4.29. The predicted octanol–water partition coefficient (Wildman–Crippen LogP) is 1.44. The fourth-order valence-electron chi connectivity index (χ4n) is 0.867. The summed E-state index contributed by atoms with van der Waals surface area (Å²) in [6.45, 7) is 1.80. The summed E-state index contributed by atoms with van der Waals surface area (Å²) in [5.41, 5.74) is 1.56. The molecule has 3 nitrogen and oxygen atoms in total. The highest BCUT2D eigenvalue weighted by Gasteiger charge is 2.02. The maximum Gasteiger partial charge on any atom is 0.307 e. The Morgan fingerprint density at radius 3 is 2.83 bits per heavy atom. The van der Waals surface area contributed by atoms with E-state index in [1.807, 2.05) is 0 Å². The van der Waals surface area contributed by atoms with Crippen LogP contribution in [0.4, 0.5) is 0 Å². The second-order valence-electron chi connectivity index (χ2n) is 2.32. The van der Waals surface area contributed by atoms with Gasteiger partial charge in [0.25, 0.3) is 0 Å². The number of carboxylic acids is 1. The van der Waals surface area contributed by atoms with Crippen LogP contribution in [-0.2, 0) is 11.2 Å². The predicted molar refractivity (Wildman–Crippen MR) is 47.6 cm³/mol. The van der Waals surface area contributed by atoms with Crippen molar-refractivity contribution in [3.05, 3.63) is 29.6 Å². The topological polar surface area (TPSA) is 50.2 Å². The van der Waals surface area contributed by atoms with Crippen molar-refractivity contribution >= 4 is 18.4 Å². The van der Waals surface area contributed by atoms with E-state index < -0.39 is 5.97 Å². The lowest BCUT2D eigenvalue weighted by Crippen LogP contribution is -2.02. The largest absolute Gasteiger partial charge is 0.481 e. The maximum absolute atomic E-state index is 10.3. The third-order valence-corrected chi connectivity index (χ3v) is 1.46. The minimum absolute atomic E-state index is 0. The van der Waals surface area contributed by atoms with Crippen molar-refractivity contribution in [2.75, 3.05) is 0 Å². The fraction of sp³-hybridized carbons (Fsp3) is 0.250. The molecule has 4 heteroatoms. The van der Waals surface area contributed by atoms with Crippen LogP contribution in [0.5, 0.6) is 0 Å². The summed E-state index contributed by atoms with van der Waals surface area (Å²) in [6, 6.07) is 3.52. The molecule has 1 N–H and O–H groups in total. The lowest BCUT2D eigenvalue weighted by molar-refractivity contribution is -0.136. The SMILES string of the molecule is Cc1ncccc1CC(=O)O.Cl. The van der Waals surface area contributed by atoms with Gasteiger partial charge in [-0.25, -0.2) is 0 Å². The Hall–Kier alpha value is -1.09. The zero-order chi connectivity index (χ0) is 8.27. The summed E-state index contributed by atoms with van der Waals surface area (Å²) in [4.78, 5) is 14.3. The van der Waals surface area contributed by atoms with Crippen LogP contribution in [0, 0.1) is 6.92 Å². The molecule has 0 radical (unpaired) electrons. The van der Waals surface area contributed by atoms with Gasteiger partial charge in [0.2, 0.25) is 0 Å². The van der Waals surface area contributed by atoms with Crippen molar-refractivity contribution in [3.63, 3.8) is 0 Å². The summed E-state index contributed by atoms with van der Waals surface area (Å²) in [5, 5.41) is 8.46. The van der Waals surface area contributed by atoms with Crippen LogP contribution >= 0.6 is 12.4 Å². The molecule has 66 valence electrons. The van der Waals surface area contributed by atoms with Crippen molar-refractivity contribution in [3.8, 4) is 0 Å². The molecule has 0 aliphatic carbocycles. The van der Waals surface area contributed by atoms with E-state index in [1.165, 1.54) is 0 Å². The second-order valence-corrected chi connectivity index (χ2v) is 2.32. The van der Waals surface area contributed by atoms with Crippen molar-refractivity contribution < 1.29 is 9.90 Å². The molecule has 12 heavy (non-hydrogen) atoms. The number of halogens is 1. The fourth-order valence-corrected chi connectivity index (χ4v) is 0.867. The Labute approximate surface area is 76.9 Å². The molecule has 0 atom stereocenters. The van der Waals surface area contributed by atoms with Crippen molar-refractivity contribution in [1.29, 1.82) is 0 Å². The van der Waals surface area contributed by atoms with Gasteiger partial charge in [-0.05, 0) is 18.6 Å². The molecule has 0 bridgehead atoms. The standard InChI is InChI=1S/C8H9NO2.ClH/c1-6-7(5-8(10)11)3-2-4-9-6;/h2-4H,5H2,1H3,(H,10,11);1H. The summed E-state index contributed by atoms with van der Waals surface area (Å²) >= 11 is 0. The minimum Gasteiger partial charge on any atom is -0.481 e. The third kappa shape index (κ3) is 2.88. The highest BCUT2D eigenvalue weighted by molar-refractivity contribution is 5.85. The first kappa shape index (κ1) is 10.9. The average Bonchev–Trinajstić information content (AvgIpc) is 1.93. The van der Waals surface area contributed by atoms with Crippen LogP contribution < -0.4 is 0 Å². The molecule has 0 unspecified atom stereocenters. The first-order chi connectivity index (χ1) is 5.20. The zero-order valence-corrected chi connectivity index (χ0v) is 7.47. The molecule has 1 rings (SSSR count). The highest BCUT2D eigenvalue weighted by atomic mass is 35.5. The van der Waals surface area contributed by atoms with E-state index in [-0.39, 0.29) is 18.8 Å². The molecule has 1 heterocycles. The molecular weight excluding hydrogens is 178 g/mol. The monoisotopic (exact) mass is 187 g/mol. The summed E-state index contributed by atoms with van der Waals surface area (Å²) in [7, 11) is 0. The third-order valence-electron chi connectivity index (χ3n) is 1.46. The van der Waals surface area contributed by atoms with Gasteiger partial charge >= 0.3 is 5.97 Å². The molecule has 1 aromatic heterocycles. The molecule has 0 saturated carbocycles.